The molecule has 1 rings (SSSR count). The van der Waals surface area contributed by atoms with Crippen molar-refractivity contribution >= 4 is 11.7 Å². The number of anilines is 1. The monoisotopic (exact) mass is 286 g/mol. The molecule has 0 amide bonds. The van der Waals surface area contributed by atoms with Gasteiger partial charge in [0.2, 0.25) is 0 Å². The van der Waals surface area contributed by atoms with Crippen LogP contribution in [-0.2, 0) is 0 Å². The first-order chi connectivity index (χ1) is 9.36. The molecule has 0 aromatic heterocycles. The Morgan fingerprint density at radius 3 is 2.10 bits per heavy atom. The van der Waals surface area contributed by atoms with Crippen LogP contribution >= 0.6 is 0 Å². The Morgan fingerprint density at radius 2 is 1.70 bits per heavy atom. The van der Waals surface area contributed by atoms with E-state index in [-0.39, 0.29) is 11.3 Å². The predicted octanol–water partition coefficient (Wildman–Crippen LogP) is 2.44. The van der Waals surface area contributed by atoms with E-state index in [1.54, 1.807) is 4.90 Å². The third kappa shape index (κ3) is 4.16. The van der Waals surface area contributed by atoms with E-state index >= 15 is 0 Å². The van der Waals surface area contributed by atoms with Crippen molar-refractivity contribution in [3.8, 4) is 0 Å². The topological polar surface area (TPSA) is 43.8 Å². The zero-order chi connectivity index (χ0) is 15.3. The highest BCUT2D eigenvalue weighted by Crippen LogP contribution is 2.25. The predicted molar refractivity (Wildman–Crippen MR) is 74.4 cm³/mol. The molecule has 112 valence electrons. The Balaban J connectivity index is 3.09. The summed E-state index contributed by atoms with van der Waals surface area (Å²) in [5.41, 5.74) is -0.536. The number of aromatic carboxylic acids is 1. The molecule has 1 aromatic carbocycles. The normalized spacial score (nSPS) is 10.9. The maximum absolute atomic E-state index is 14.0. The zero-order valence-electron chi connectivity index (χ0n) is 12.0. The van der Waals surface area contributed by atoms with Gasteiger partial charge in [-0.3, -0.25) is 0 Å². The minimum absolute atomic E-state index is 0.154. The van der Waals surface area contributed by atoms with Crippen molar-refractivity contribution < 1.29 is 18.7 Å². The number of benzene rings is 1. The van der Waals surface area contributed by atoms with Gasteiger partial charge in [0.1, 0.15) is 17.3 Å². The molecule has 4 nitrogen and oxygen atoms in total. The lowest BCUT2D eigenvalue weighted by Gasteiger charge is -2.26. The fourth-order valence-electron chi connectivity index (χ4n) is 1.92. The van der Waals surface area contributed by atoms with Gasteiger partial charge < -0.3 is 14.9 Å². The summed E-state index contributed by atoms with van der Waals surface area (Å²) >= 11 is 0. The highest BCUT2D eigenvalue weighted by atomic mass is 19.1. The summed E-state index contributed by atoms with van der Waals surface area (Å²) in [6.07, 6.45) is 0.743. The number of carbonyl (C=O) groups is 1. The molecule has 6 heteroatoms. The largest absolute Gasteiger partial charge is 0.478 e. The second-order valence-corrected chi connectivity index (χ2v) is 4.88. The molecule has 0 radical (unpaired) electrons. The molecule has 1 aromatic rings. The SMILES string of the molecule is CCCN(CCN(C)C)c1c(F)cc(C(=O)O)cc1F. The first-order valence-corrected chi connectivity index (χ1v) is 6.48. The van der Waals surface area contributed by atoms with E-state index in [2.05, 4.69) is 0 Å². The molecule has 0 aliphatic carbocycles. The summed E-state index contributed by atoms with van der Waals surface area (Å²) in [4.78, 5) is 14.3. The van der Waals surface area contributed by atoms with Crippen molar-refractivity contribution in [1.82, 2.24) is 4.90 Å². The van der Waals surface area contributed by atoms with Gasteiger partial charge in [-0.2, -0.15) is 0 Å². The molecule has 0 heterocycles. The van der Waals surface area contributed by atoms with E-state index in [0.29, 0.717) is 19.6 Å². The quantitative estimate of drug-likeness (QED) is 0.836. The molecule has 0 saturated carbocycles. The Morgan fingerprint density at radius 1 is 1.15 bits per heavy atom. The lowest BCUT2D eigenvalue weighted by atomic mass is 10.1. The summed E-state index contributed by atoms with van der Waals surface area (Å²) in [5, 5.41) is 8.79. The molecule has 0 aliphatic heterocycles. The number of likely N-dealkylation sites (N-methyl/N-ethyl adjacent to an activating group) is 1. The van der Waals surface area contributed by atoms with Crippen molar-refractivity contribution in [2.45, 2.75) is 13.3 Å². The van der Waals surface area contributed by atoms with Crippen LogP contribution in [0.15, 0.2) is 12.1 Å². The first-order valence-electron chi connectivity index (χ1n) is 6.48. The van der Waals surface area contributed by atoms with Gasteiger partial charge in [-0.25, -0.2) is 13.6 Å². The maximum Gasteiger partial charge on any atom is 0.335 e. The molecule has 0 spiro atoms. The van der Waals surface area contributed by atoms with Crippen LogP contribution in [0.5, 0.6) is 0 Å². The number of carboxylic acids is 1. The molecule has 0 aliphatic rings. The number of hydrogen-bond donors (Lipinski definition) is 1. The molecular formula is C14H20F2N2O2. The Hall–Kier alpha value is -1.69. The van der Waals surface area contributed by atoms with Crippen LogP contribution in [0, 0.1) is 11.6 Å². The molecule has 0 atom stereocenters. The number of nitrogens with zero attached hydrogens (tertiary/aromatic N) is 2. The van der Waals surface area contributed by atoms with Crippen molar-refractivity contribution in [3.63, 3.8) is 0 Å². The van der Waals surface area contributed by atoms with Crippen LogP contribution < -0.4 is 4.90 Å². The van der Waals surface area contributed by atoms with Gasteiger partial charge in [-0.05, 0) is 32.6 Å². The van der Waals surface area contributed by atoms with Crippen LogP contribution in [0.25, 0.3) is 0 Å². The van der Waals surface area contributed by atoms with Crippen LogP contribution in [0.1, 0.15) is 23.7 Å². The van der Waals surface area contributed by atoms with E-state index < -0.39 is 17.6 Å². The number of halogens is 2. The molecule has 20 heavy (non-hydrogen) atoms. The molecule has 0 fully saturated rings. The van der Waals surface area contributed by atoms with Crippen molar-refractivity contribution in [1.29, 1.82) is 0 Å². The molecule has 0 unspecified atom stereocenters. The van der Waals surface area contributed by atoms with Gasteiger partial charge in [0, 0.05) is 19.6 Å². The van der Waals surface area contributed by atoms with Gasteiger partial charge >= 0.3 is 5.97 Å². The van der Waals surface area contributed by atoms with E-state index in [0.717, 1.165) is 18.6 Å². The van der Waals surface area contributed by atoms with Crippen molar-refractivity contribution in [2.75, 3.05) is 38.6 Å². The molecule has 0 saturated heterocycles. The number of carboxylic acid groups (broad SMARTS) is 1. The first kappa shape index (κ1) is 16.4. The molecule has 0 bridgehead atoms. The fourth-order valence-corrected chi connectivity index (χ4v) is 1.92. The van der Waals surface area contributed by atoms with E-state index in [9.17, 15) is 13.6 Å². The smallest absolute Gasteiger partial charge is 0.335 e. The lowest BCUT2D eigenvalue weighted by molar-refractivity contribution is 0.0695. The third-order valence-electron chi connectivity index (χ3n) is 2.89. The highest BCUT2D eigenvalue weighted by molar-refractivity contribution is 5.88. The van der Waals surface area contributed by atoms with Gasteiger partial charge in [0.15, 0.2) is 0 Å². The Bertz CT molecular complexity index is 455. The van der Waals surface area contributed by atoms with Crippen LogP contribution in [-0.4, -0.2) is 49.7 Å². The fraction of sp³-hybridized carbons (Fsp3) is 0.500. The summed E-state index contributed by atoms with van der Waals surface area (Å²) in [6, 6.07) is 1.72. The number of rotatable bonds is 7. The van der Waals surface area contributed by atoms with E-state index in [4.69, 9.17) is 5.11 Å². The van der Waals surface area contributed by atoms with E-state index in [1.165, 1.54) is 0 Å². The van der Waals surface area contributed by atoms with Crippen LogP contribution in [0.3, 0.4) is 0 Å². The number of hydrogen-bond acceptors (Lipinski definition) is 3. The standard InChI is InChI=1S/C14H20F2N2O2/c1-4-5-18(7-6-17(2)3)13-11(15)8-10(14(19)20)9-12(13)16/h8-9H,4-7H2,1-3H3,(H,19,20). The average molecular weight is 286 g/mol. The van der Waals surface area contributed by atoms with Gasteiger partial charge in [-0.1, -0.05) is 6.92 Å². The minimum atomic E-state index is -1.34. The summed E-state index contributed by atoms with van der Waals surface area (Å²) < 4.78 is 28.0. The lowest BCUT2D eigenvalue weighted by Crippen LogP contribution is -2.33. The van der Waals surface area contributed by atoms with Crippen LogP contribution in [0.4, 0.5) is 14.5 Å². The Labute approximate surface area is 117 Å². The Kier molecular flexibility index (Phi) is 5.88. The van der Waals surface area contributed by atoms with Crippen molar-refractivity contribution in [2.24, 2.45) is 0 Å². The minimum Gasteiger partial charge on any atom is -0.478 e. The zero-order valence-corrected chi connectivity index (χ0v) is 12.0. The summed E-state index contributed by atoms with van der Waals surface area (Å²) in [7, 11) is 3.76. The van der Waals surface area contributed by atoms with Gasteiger partial charge in [0.05, 0.1) is 5.56 Å². The molecular weight excluding hydrogens is 266 g/mol. The van der Waals surface area contributed by atoms with Crippen LogP contribution in [0.2, 0.25) is 0 Å². The van der Waals surface area contributed by atoms with Gasteiger partial charge in [0.25, 0.3) is 0 Å². The van der Waals surface area contributed by atoms with E-state index in [1.807, 2.05) is 25.9 Å². The maximum atomic E-state index is 14.0. The summed E-state index contributed by atoms with van der Waals surface area (Å²) in [5.74, 6) is -3.02. The van der Waals surface area contributed by atoms with Crippen molar-refractivity contribution in [3.05, 3.63) is 29.3 Å². The van der Waals surface area contributed by atoms with Gasteiger partial charge in [-0.15, -0.1) is 0 Å². The summed E-state index contributed by atoms with van der Waals surface area (Å²) in [6.45, 7) is 3.55. The molecule has 1 N–H and O–H groups in total. The second-order valence-electron chi connectivity index (χ2n) is 4.88. The second kappa shape index (κ2) is 7.19. The average Bonchev–Trinajstić information content (AvgIpc) is 2.34. The highest BCUT2D eigenvalue weighted by Gasteiger charge is 2.19. The third-order valence-corrected chi connectivity index (χ3v) is 2.89.